The molecule has 0 aliphatic carbocycles. The molecule has 1 aromatic rings. The van der Waals surface area contributed by atoms with Gasteiger partial charge >= 0.3 is 0 Å². The largest absolute Gasteiger partial charge is 0.398 e. The summed E-state index contributed by atoms with van der Waals surface area (Å²) in [4.78, 5) is 1.06. The first kappa shape index (κ1) is 11.4. The van der Waals surface area contributed by atoms with Crippen LogP contribution in [0.2, 0.25) is 0 Å². The highest BCUT2D eigenvalue weighted by Gasteiger charge is 2.06. The first-order chi connectivity index (χ1) is 6.77. The number of benzene rings is 1. The van der Waals surface area contributed by atoms with Gasteiger partial charge in [-0.3, -0.25) is 0 Å². The molecule has 14 heavy (non-hydrogen) atoms. The van der Waals surface area contributed by atoms with Gasteiger partial charge in [0.25, 0.3) is 0 Å². The molecule has 2 N–H and O–H groups in total. The van der Waals surface area contributed by atoms with Gasteiger partial charge in [-0.2, -0.15) is 0 Å². The SMILES string of the molecule is COC(CSc1ccccc1N)OC. The van der Waals surface area contributed by atoms with E-state index in [1.54, 1.807) is 26.0 Å². The molecule has 0 radical (unpaired) electrons. The van der Waals surface area contributed by atoms with E-state index < -0.39 is 0 Å². The van der Waals surface area contributed by atoms with Crippen molar-refractivity contribution < 1.29 is 9.47 Å². The summed E-state index contributed by atoms with van der Waals surface area (Å²) in [6.45, 7) is 0. The Labute approximate surface area is 88.6 Å². The summed E-state index contributed by atoms with van der Waals surface area (Å²) >= 11 is 1.63. The molecule has 0 bridgehead atoms. The molecule has 0 spiro atoms. The van der Waals surface area contributed by atoms with Crippen molar-refractivity contribution in [3.8, 4) is 0 Å². The van der Waals surface area contributed by atoms with E-state index in [1.165, 1.54) is 0 Å². The average molecular weight is 213 g/mol. The van der Waals surface area contributed by atoms with Crippen LogP contribution >= 0.6 is 11.8 Å². The van der Waals surface area contributed by atoms with Crippen molar-refractivity contribution in [1.29, 1.82) is 0 Å². The van der Waals surface area contributed by atoms with Crippen LogP contribution in [0, 0.1) is 0 Å². The van der Waals surface area contributed by atoms with Crippen molar-refractivity contribution in [2.45, 2.75) is 11.2 Å². The fourth-order valence-electron chi connectivity index (χ4n) is 1.00. The minimum absolute atomic E-state index is 0.181. The number of methoxy groups -OCH3 is 2. The highest BCUT2D eigenvalue weighted by molar-refractivity contribution is 7.99. The van der Waals surface area contributed by atoms with Gasteiger partial charge in [-0.05, 0) is 12.1 Å². The molecule has 1 rings (SSSR count). The topological polar surface area (TPSA) is 44.5 Å². The summed E-state index contributed by atoms with van der Waals surface area (Å²) in [5.41, 5.74) is 6.58. The van der Waals surface area contributed by atoms with Crippen LogP contribution in [-0.2, 0) is 9.47 Å². The van der Waals surface area contributed by atoms with E-state index in [1.807, 2.05) is 24.3 Å². The Kier molecular flexibility index (Phi) is 4.79. The summed E-state index contributed by atoms with van der Waals surface area (Å²) in [5, 5.41) is 0. The van der Waals surface area contributed by atoms with E-state index in [4.69, 9.17) is 15.2 Å². The number of anilines is 1. The van der Waals surface area contributed by atoms with Crippen LogP contribution in [0.1, 0.15) is 0 Å². The number of hydrogen-bond acceptors (Lipinski definition) is 4. The van der Waals surface area contributed by atoms with Gasteiger partial charge in [0, 0.05) is 30.6 Å². The molecule has 3 nitrogen and oxygen atoms in total. The smallest absolute Gasteiger partial charge is 0.166 e. The number of para-hydroxylation sites is 1. The van der Waals surface area contributed by atoms with Gasteiger partial charge in [-0.15, -0.1) is 11.8 Å². The lowest BCUT2D eigenvalue weighted by molar-refractivity contribution is -0.0842. The van der Waals surface area contributed by atoms with E-state index in [0.717, 1.165) is 16.3 Å². The van der Waals surface area contributed by atoms with Gasteiger partial charge in [0.1, 0.15) is 0 Å². The third kappa shape index (κ3) is 3.21. The Morgan fingerprint density at radius 1 is 1.29 bits per heavy atom. The predicted octanol–water partition coefficient (Wildman–Crippen LogP) is 1.98. The van der Waals surface area contributed by atoms with Crippen LogP contribution in [0.25, 0.3) is 0 Å². The second-order valence-corrected chi connectivity index (χ2v) is 3.81. The minimum atomic E-state index is -0.181. The quantitative estimate of drug-likeness (QED) is 0.461. The molecule has 0 atom stereocenters. The standard InChI is InChI=1S/C10H15NO2S/c1-12-10(13-2)7-14-9-6-4-3-5-8(9)11/h3-6,10H,7,11H2,1-2H3. The van der Waals surface area contributed by atoms with Gasteiger partial charge in [0.15, 0.2) is 6.29 Å². The van der Waals surface area contributed by atoms with Crippen molar-refractivity contribution in [1.82, 2.24) is 0 Å². The molecule has 4 heteroatoms. The van der Waals surface area contributed by atoms with Crippen LogP contribution in [0.3, 0.4) is 0 Å². The van der Waals surface area contributed by atoms with Gasteiger partial charge < -0.3 is 15.2 Å². The number of thioether (sulfide) groups is 1. The van der Waals surface area contributed by atoms with Gasteiger partial charge in [0.2, 0.25) is 0 Å². The minimum Gasteiger partial charge on any atom is -0.398 e. The fraction of sp³-hybridized carbons (Fsp3) is 0.400. The summed E-state index contributed by atoms with van der Waals surface area (Å²) < 4.78 is 10.2. The lowest BCUT2D eigenvalue weighted by Crippen LogP contribution is -2.15. The molecule has 78 valence electrons. The highest BCUT2D eigenvalue weighted by Crippen LogP contribution is 2.25. The number of ether oxygens (including phenoxy) is 2. The maximum atomic E-state index is 5.79. The van der Waals surface area contributed by atoms with Crippen LogP contribution in [-0.4, -0.2) is 26.3 Å². The molecule has 0 saturated carbocycles. The van der Waals surface area contributed by atoms with Crippen molar-refractivity contribution in [3.63, 3.8) is 0 Å². The summed E-state index contributed by atoms with van der Waals surface area (Å²) in [5.74, 6) is 0.737. The van der Waals surface area contributed by atoms with Gasteiger partial charge in [-0.25, -0.2) is 0 Å². The zero-order valence-electron chi connectivity index (χ0n) is 8.40. The number of hydrogen-bond donors (Lipinski definition) is 1. The molecule has 0 fully saturated rings. The third-order valence-electron chi connectivity index (χ3n) is 1.82. The fourth-order valence-corrected chi connectivity index (χ4v) is 2.00. The van der Waals surface area contributed by atoms with Gasteiger partial charge in [-0.1, -0.05) is 12.1 Å². The molecular formula is C10H15NO2S. The third-order valence-corrected chi connectivity index (χ3v) is 2.94. The molecule has 0 unspecified atom stereocenters. The molecule has 0 saturated heterocycles. The number of nitrogens with two attached hydrogens (primary N) is 1. The van der Waals surface area contributed by atoms with Crippen LogP contribution in [0.4, 0.5) is 5.69 Å². The van der Waals surface area contributed by atoms with Crippen LogP contribution in [0.5, 0.6) is 0 Å². The lowest BCUT2D eigenvalue weighted by atomic mass is 10.3. The summed E-state index contributed by atoms with van der Waals surface area (Å²) in [6, 6.07) is 7.76. The first-order valence-corrected chi connectivity index (χ1v) is 5.29. The molecule has 0 aliphatic rings. The van der Waals surface area contributed by atoms with Crippen molar-refractivity contribution in [2.24, 2.45) is 0 Å². The predicted molar refractivity (Wildman–Crippen MR) is 59.4 cm³/mol. The Balaban J connectivity index is 2.49. The second-order valence-electron chi connectivity index (χ2n) is 2.75. The normalized spacial score (nSPS) is 10.8. The molecule has 0 aromatic heterocycles. The van der Waals surface area contributed by atoms with E-state index in [2.05, 4.69) is 0 Å². The Morgan fingerprint density at radius 3 is 2.50 bits per heavy atom. The van der Waals surface area contributed by atoms with E-state index >= 15 is 0 Å². The zero-order chi connectivity index (χ0) is 10.4. The monoisotopic (exact) mass is 213 g/mol. The Bertz CT molecular complexity index is 277. The maximum absolute atomic E-state index is 5.79. The van der Waals surface area contributed by atoms with Crippen molar-refractivity contribution in [3.05, 3.63) is 24.3 Å². The van der Waals surface area contributed by atoms with E-state index in [-0.39, 0.29) is 6.29 Å². The lowest BCUT2D eigenvalue weighted by Gasteiger charge is -2.13. The first-order valence-electron chi connectivity index (χ1n) is 4.30. The molecule has 1 aromatic carbocycles. The Morgan fingerprint density at radius 2 is 1.93 bits per heavy atom. The number of rotatable bonds is 5. The second kappa shape index (κ2) is 5.90. The molecular weight excluding hydrogens is 198 g/mol. The van der Waals surface area contributed by atoms with Crippen LogP contribution in [0.15, 0.2) is 29.2 Å². The molecule has 0 heterocycles. The van der Waals surface area contributed by atoms with Crippen molar-refractivity contribution >= 4 is 17.4 Å². The zero-order valence-corrected chi connectivity index (χ0v) is 9.21. The van der Waals surface area contributed by atoms with E-state index in [9.17, 15) is 0 Å². The summed E-state index contributed by atoms with van der Waals surface area (Å²) in [7, 11) is 3.26. The maximum Gasteiger partial charge on any atom is 0.166 e. The summed E-state index contributed by atoms with van der Waals surface area (Å²) in [6.07, 6.45) is -0.181. The van der Waals surface area contributed by atoms with E-state index in [0.29, 0.717) is 0 Å². The Hall–Kier alpha value is -0.710. The average Bonchev–Trinajstić information content (AvgIpc) is 2.22. The van der Waals surface area contributed by atoms with Crippen LogP contribution < -0.4 is 5.73 Å². The molecule has 0 amide bonds. The van der Waals surface area contributed by atoms with Crippen molar-refractivity contribution in [2.75, 3.05) is 25.7 Å². The molecule has 0 aliphatic heterocycles. The number of nitrogen functional groups attached to an aromatic ring is 1. The van der Waals surface area contributed by atoms with Gasteiger partial charge in [0.05, 0.1) is 0 Å². The highest BCUT2D eigenvalue weighted by atomic mass is 32.2.